The smallest absolute Gasteiger partial charge is 0.223 e. The Hall–Kier alpha value is -1.43. The largest absolute Gasteiger partial charge is 0.333 e. The van der Waals surface area contributed by atoms with Gasteiger partial charge in [0.1, 0.15) is 5.82 Å². The van der Waals surface area contributed by atoms with Gasteiger partial charge in [-0.1, -0.05) is 20.3 Å². The highest BCUT2D eigenvalue weighted by Crippen LogP contribution is 2.28. The molecule has 116 valence electrons. The van der Waals surface area contributed by atoms with E-state index in [-0.39, 0.29) is 11.9 Å². The minimum Gasteiger partial charge on any atom is -0.333 e. The first-order valence-corrected chi connectivity index (χ1v) is 8.01. The fourth-order valence-corrected chi connectivity index (χ4v) is 3.49. The first-order chi connectivity index (χ1) is 10.1. The second-order valence-corrected chi connectivity index (χ2v) is 6.66. The summed E-state index contributed by atoms with van der Waals surface area (Å²) in [5.41, 5.74) is 6.07. The molecule has 2 atom stereocenters. The zero-order chi connectivity index (χ0) is 15.0. The highest BCUT2D eigenvalue weighted by atomic mass is 16.2. The van der Waals surface area contributed by atoms with Crippen molar-refractivity contribution in [3.05, 3.63) is 11.6 Å². The molecule has 1 aromatic rings. The van der Waals surface area contributed by atoms with Crippen molar-refractivity contribution in [3.63, 3.8) is 0 Å². The predicted octanol–water partition coefficient (Wildman–Crippen LogP) is 1.26. The van der Waals surface area contributed by atoms with E-state index in [0.717, 1.165) is 44.0 Å². The number of nitrogens with zero attached hydrogens (tertiary/aromatic N) is 4. The van der Waals surface area contributed by atoms with Crippen LogP contribution in [0.25, 0.3) is 0 Å². The second-order valence-electron chi connectivity index (χ2n) is 6.66. The number of aromatic nitrogens is 3. The van der Waals surface area contributed by atoms with Crippen molar-refractivity contribution in [2.24, 2.45) is 11.7 Å². The molecular weight excluding hydrogens is 266 g/mol. The zero-order valence-electron chi connectivity index (χ0n) is 13.0. The van der Waals surface area contributed by atoms with Crippen LogP contribution < -0.4 is 5.73 Å². The number of carbonyl (C=O) groups excluding carboxylic acids is 1. The van der Waals surface area contributed by atoms with Crippen LogP contribution in [0.3, 0.4) is 0 Å². The Bertz CT molecular complexity index is 524. The molecule has 1 amide bonds. The van der Waals surface area contributed by atoms with E-state index in [1.54, 1.807) is 0 Å². The maximum absolute atomic E-state index is 12.5. The van der Waals surface area contributed by atoms with Crippen molar-refractivity contribution in [1.82, 2.24) is 19.7 Å². The fourth-order valence-electron chi connectivity index (χ4n) is 3.49. The van der Waals surface area contributed by atoms with Gasteiger partial charge in [-0.15, -0.1) is 10.2 Å². The van der Waals surface area contributed by atoms with Gasteiger partial charge < -0.3 is 15.2 Å². The Morgan fingerprint density at radius 2 is 2.14 bits per heavy atom. The van der Waals surface area contributed by atoms with Crippen LogP contribution >= 0.6 is 0 Å². The van der Waals surface area contributed by atoms with Crippen molar-refractivity contribution >= 4 is 5.91 Å². The fraction of sp³-hybridized carbons (Fsp3) is 0.800. The molecule has 0 radical (unpaired) electrons. The van der Waals surface area contributed by atoms with Crippen LogP contribution in [0.5, 0.6) is 0 Å². The molecule has 21 heavy (non-hydrogen) atoms. The Kier molecular flexibility index (Phi) is 3.97. The first kappa shape index (κ1) is 14.5. The van der Waals surface area contributed by atoms with E-state index in [9.17, 15) is 4.79 Å². The SMILES string of the molecule is CC(C)c1nnc2n1CCN(C(=O)C[C@@H]1CCC[C@H]1N)C2. The molecule has 0 saturated heterocycles. The van der Waals surface area contributed by atoms with E-state index in [2.05, 4.69) is 28.6 Å². The summed E-state index contributed by atoms with van der Waals surface area (Å²) in [7, 11) is 0. The van der Waals surface area contributed by atoms with Crippen LogP contribution in [-0.4, -0.2) is 38.2 Å². The molecule has 1 aromatic heterocycles. The van der Waals surface area contributed by atoms with Gasteiger partial charge in [-0.25, -0.2) is 0 Å². The van der Waals surface area contributed by atoms with Gasteiger partial charge >= 0.3 is 0 Å². The van der Waals surface area contributed by atoms with E-state index < -0.39 is 0 Å². The quantitative estimate of drug-likeness (QED) is 0.909. The van der Waals surface area contributed by atoms with Crippen LogP contribution in [0.1, 0.15) is 57.1 Å². The van der Waals surface area contributed by atoms with Crippen molar-refractivity contribution in [2.45, 2.75) is 64.6 Å². The second kappa shape index (κ2) is 5.75. The summed E-state index contributed by atoms with van der Waals surface area (Å²) in [6, 6.07) is 0.204. The van der Waals surface area contributed by atoms with Crippen LogP contribution in [-0.2, 0) is 17.9 Å². The van der Waals surface area contributed by atoms with Gasteiger partial charge in [0.25, 0.3) is 0 Å². The van der Waals surface area contributed by atoms with Gasteiger partial charge in [-0.05, 0) is 18.8 Å². The minimum absolute atomic E-state index is 0.204. The molecule has 1 aliphatic carbocycles. The summed E-state index contributed by atoms with van der Waals surface area (Å²) in [5.74, 6) is 2.88. The van der Waals surface area contributed by atoms with Gasteiger partial charge in [0, 0.05) is 31.5 Å². The molecular formula is C15H25N5O. The summed E-state index contributed by atoms with van der Waals surface area (Å²) < 4.78 is 2.16. The van der Waals surface area contributed by atoms with Crippen molar-refractivity contribution in [3.8, 4) is 0 Å². The summed E-state index contributed by atoms with van der Waals surface area (Å²) in [4.78, 5) is 14.4. The van der Waals surface area contributed by atoms with Crippen molar-refractivity contribution in [1.29, 1.82) is 0 Å². The standard InChI is InChI=1S/C15H25N5O/c1-10(2)15-18-17-13-9-19(6-7-20(13)15)14(21)8-11-4-3-5-12(11)16/h10-12H,3-9,16H2,1-2H3/t11-,12+/m0/s1. The minimum atomic E-state index is 0.204. The topological polar surface area (TPSA) is 77.0 Å². The van der Waals surface area contributed by atoms with Crippen molar-refractivity contribution < 1.29 is 4.79 Å². The number of rotatable bonds is 3. The zero-order valence-corrected chi connectivity index (χ0v) is 13.0. The van der Waals surface area contributed by atoms with Crippen molar-refractivity contribution in [2.75, 3.05) is 6.54 Å². The lowest BCUT2D eigenvalue weighted by molar-refractivity contribution is -0.133. The molecule has 1 aliphatic heterocycles. The molecule has 0 aromatic carbocycles. The van der Waals surface area contributed by atoms with Gasteiger partial charge in [-0.3, -0.25) is 4.79 Å². The Morgan fingerprint density at radius 1 is 1.33 bits per heavy atom. The molecule has 0 unspecified atom stereocenters. The number of amides is 1. The van der Waals surface area contributed by atoms with Gasteiger partial charge in [0.2, 0.25) is 5.91 Å². The number of hydrogen-bond acceptors (Lipinski definition) is 4. The Labute approximate surface area is 125 Å². The third-order valence-corrected chi connectivity index (χ3v) is 4.81. The van der Waals surface area contributed by atoms with Gasteiger partial charge in [0.05, 0.1) is 6.54 Å². The average molecular weight is 291 g/mol. The summed E-state index contributed by atoms with van der Waals surface area (Å²) in [6.07, 6.45) is 3.90. The van der Waals surface area contributed by atoms with Crippen LogP contribution in [0.4, 0.5) is 0 Å². The van der Waals surface area contributed by atoms with Crippen LogP contribution in [0, 0.1) is 5.92 Å². The van der Waals surface area contributed by atoms with E-state index in [0.29, 0.717) is 24.8 Å². The lowest BCUT2D eigenvalue weighted by atomic mass is 9.99. The molecule has 0 bridgehead atoms. The number of hydrogen-bond donors (Lipinski definition) is 1. The van der Waals surface area contributed by atoms with E-state index in [4.69, 9.17) is 5.73 Å². The predicted molar refractivity (Wildman–Crippen MR) is 79.5 cm³/mol. The van der Waals surface area contributed by atoms with Crippen LogP contribution in [0.2, 0.25) is 0 Å². The van der Waals surface area contributed by atoms with Gasteiger partial charge in [0.15, 0.2) is 5.82 Å². The molecule has 1 saturated carbocycles. The molecule has 1 fully saturated rings. The lowest BCUT2D eigenvalue weighted by Gasteiger charge is -2.29. The molecule has 3 rings (SSSR count). The Morgan fingerprint density at radius 3 is 2.81 bits per heavy atom. The monoisotopic (exact) mass is 291 g/mol. The third-order valence-electron chi connectivity index (χ3n) is 4.81. The normalized spacial score (nSPS) is 25.4. The Balaban J connectivity index is 1.64. The summed E-state index contributed by atoms with van der Waals surface area (Å²) >= 11 is 0. The van der Waals surface area contributed by atoms with Crippen LogP contribution in [0.15, 0.2) is 0 Å². The van der Waals surface area contributed by atoms with E-state index >= 15 is 0 Å². The highest BCUT2D eigenvalue weighted by molar-refractivity contribution is 5.76. The summed E-state index contributed by atoms with van der Waals surface area (Å²) in [6.45, 7) is 6.39. The molecule has 2 N–H and O–H groups in total. The third kappa shape index (κ3) is 2.81. The van der Waals surface area contributed by atoms with Gasteiger partial charge in [-0.2, -0.15) is 0 Å². The van der Waals surface area contributed by atoms with E-state index in [1.165, 1.54) is 0 Å². The molecule has 6 heteroatoms. The lowest BCUT2D eigenvalue weighted by Crippen LogP contribution is -2.40. The highest BCUT2D eigenvalue weighted by Gasteiger charge is 2.30. The number of fused-ring (bicyclic) bond motifs is 1. The molecule has 6 nitrogen and oxygen atoms in total. The molecule has 2 aliphatic rings. The molecule has 2 heterocycles. The maximum atomic E-state index is 12.5. The number of carbonyl (C=O) groups is 1. The maximum Gasteiger partial charge on any atom is 0.223 e. The number of nitrogens with two attached hydrogens (primary N) is 1. The summed E-state index contributed by atoms with van der Waals surface area (Å²) in [5, 5.41) is 8.51. The average Bonchev–Trinajstić information content (AvgIpc) is 3.04. The molecule has 0 spiro atoms. The van der Waals surface area contributed by atoms with E-state index in [1.807, 2.05) is 4.90 Å². The first-order valence-electron chi connectivity index (χ1n) is 8.01.